The summed E-state index contributed by atoms with van der Waals surface area (Å²) in [5, 5.41) is 3.44. The summed E-state index contributed by atoms with van der Waals surface area (Å²) in [7, 11) is 0. The van der Waals surface area contributed by atoms with Gasteiger partial charge >= 0.3 is 0 Å². The monoisotopic (exact) mass is 304 g/mol. The highest BCUT2D eigenvalue weighted by molar-refractivity contribution is 7.80. The van der Waals surface area contributed by atoms with E-state index in [1.807, 2.05) is 18.2 Å². The summed E-state index contributed by atoms with van der Waals surface area (Å²) in [6.07, 6.45) is 3.70. The van der Waals surface area contributed by atoms with E-state index in [4.69, 9.17) is 21.7 Å². The van der Waals surface area contributed by atoms with Crippen LogP contribution in [0.2, 0.25) is 0 Å². The van der Waals surface area contributed by atoms with Crippen molar-refractivity contribution < 1.29 is 14.3 Å². The van der Waals surface area contributed by atoms with Gasteiger partial charge in [0.2, 0.25) is 6.79 Å². The molecule has 3 rings (SSSR count). The number of amides is 1. The van der Waals surface area contributed by atoms with Crippen LogP contribution in [0.15, 0.2) is 23.9 Å². The first-order valence-electron chi connectivity index (χ1n) is 6.94. The smallest absolute Gasteiger partial charge is 0.276 e. The number of rotatable bonds is 4. The fourth-order valence-corrected chi connectivity index (χ4v) is 2.60. The largest absolute Gasteiger partial charge is 0.454 e. The highest BCUT2D eigenvalue weighted by atomic mass is 32.1. The summed E-state index contributed by atoms with van der Waals surface area (Å²) in [5.41, 5.74) is 1.28. The highest BCUT2D eigenvalue weighted by Crippen LogP contribution is 2.36. The molecule has 1 aromatic carbocycles. The van der Waals surface area contributed by atoms with Gasteiger partial charge in [-0.05, 0) is 30.8 Å². The fourth-order valence-electron chi connectivity index (χ4n) is 2.31. The molecule has 2 aliphatic heterocycles. The molecule has 21 heavy (non-hydrogen) atoms. The lowest BCUT2D eigenvalue weighted by atomic mass is 10.1. The number of hydrogen-bond donors (Lipinski definition) is 1. The molecule has 110 valence electrons. The van der Waals surface area contributed by atoms with Gasteiger partial charge in [-0.3, -0.25) is 9.69 Å². The Morgan fingerprint density at radius 1 is 1.43 bits per heavy atom. The van der Waals surface area contributed by atoms with E-state index in [2.05, 4.69) is 12.2 Å². The number of carbonyl (C=O) groups is 1. The molecule has 0 aromatic heterocycles. The zero-order valence-electron chi connectivity index (χ0n) is 11.7. The molecular weight excluding hydrogens is 288 g/mol. The minimum absolute atomic E-state index is 0.0926. The number of thiocarbonyl (C=S) groups is 1. The highest BCUT2D eigenvalue weighted by Gasteiger charge is 2.30. The third-order valence-corrected chi connectivity index (χ3v) is 3.75. The number of unbranched alkanes of at least 4 members (excludes halogenated alkanes) is 1. The van der Waals surface area contributed by atoms with Crippen LogP contribution < -0.4 is 14.8 Å². The quantitative estimate of drug-likeness (QED) is 0.683. The summed E-state index contributed by atoms with van der Waals surface area (Å²) in [5.74, 6) is 1.27. The van der Waals surface area contributed by atoms with Crippen molar-refractivity contribution in [3.8, 4) is 11.5 Å². The predicted molar refractivity (Wildman–Crippen MR) is 82.9 cm³/mol. The first kappa shape index (κ1) is 13.9. The molecule has 0 unspecified atom stereocenters. The van der Waals surface area contributed by atoms with Gasteiger partial charge in [-0.1, -0.05) is 25.5 Å². The lowest BCUT2D eigenvalue weighted by Crippen LogP contribution is -2.31. The van der Waals surface area contributed by atoms with Crippen LogP contribution in [0.3, 0.4) is 0 Å². The van der Waals surface area contributed by atoms with Gasteiger partial charge in [0.05, 0.1) is 0 Å². The molecule has 0 bridgehead atoms. The zero-order chi connectivity index (χ0) is 14.8. The van der Waals surface area contributed by atoms with Crippen LogP contribution in [0.4, 0.5) is 0 Å². The van der Waals surface area contributed by atoms with Crippen LogP contribution in [0.25, 0.3) is 6.08 Å². The van der Waals surface area contributed by atoms with Gasteiger partial charge in [-0.2, -0.15) is 0 Å². The summed E-state index contributed by atoms with van der Waals surface area (Å²) >= 11 is 5.22. The second kappa shape index (κ2) is 5.73. The van der Waals surface area contributed by atoms with Crippen LogP contribution in [0.5, 0.6) is 11.5 Å². The summed E-state index contributed by atoms with van der Waals surface area (Å²) < 4.78 is 10.8. The molecule has 1 saturated heterocycles. The number of nitrogens with one attached hydrogen (secondary N) is 1. The fraction of sp³-hybridized carbons (Fsp3) is 0.333. The molecule has 0 saturated carbocycles. The van der Waals surface area contributed by atoms with Crippen molar-refractivity contribution >= 4 is 29.3 Å². The summed E-state index contributed by atoms with van der Waals surface area (Å²) in [4.78, 5) is 14.0. The first-order valence-corrected chi connectivity index (χ1v) is 7.34. The molecule has 6 heteroatoms. The van der Waals surface area contributed by atoms with E-state index < -0.39 is 0 Å². The summed E-state index contributed by atoms with van der Waals surface area (Å²) in [6.45, 7) is 2.93. The van der Waals surface area contributed by atoms with E-state index in [0.29, 0.717) is 28.9 Å². The average Bonchev–Trinajstić information content (AvgIpc) is 3.04. The van der Waals surface area contributed by atoms with Gasteiger partial charge in [0.15, 0.2) is 16.6 Å². The Morgan fingerprint density at radius 2 is 2.29 bits per heavy atom. The van der Waals surface area contributed by atoms with Gasteiger partial charge in [0.25, 0.3) is 5.91 Å². The Hall–Kier alpha value is -2.08. The van der Waals surface area contributed by atoms with Crippen LogP contribution in [0, 0.1) is 0 Å². The molecule has 2 aliphatic rings. The Morgan fingerprint density at radius 3 is 3.10 bits per heavy atom. The van der Waals surface area contributed by atoms with Crippen molar-refractivity contribution in [2.45, 2.75) is 19.8 Å². The zero-order valence-corrected chi connectivity index (χ0v) is 12.5. The lowest BCUT2D eigenvalue weighted by molar-refractivity contribution is -0.122. The Balaban J connectivity index is 1.86. The van der Waals surface area contributed by atoms with Crippen molar-refractivity contribution in [2.24, 2.45) is 0 Å². The van der Waals surface area contributed by atoms with Crippen LogP contribution >= 0.6 is 12.2 Å². The van der Waals surface area contributed by atoms with Gasteiger partial charge in [0.1, 0.15) is 5.70 Å². The number of hydrogen-bond acceptors (Lipinski definition) is 4. The maximum absolute atomic E-state index is 12.4. The molecule has 0 aliphatic carbocycles. The van der Waals surface area contributed by atoms with E-state index in [9.17, 15) is 4.79 Å². The van der Waals surface area contributed by atoms with E-state index >= 15 is 0 Å². The lowest BCUT2D eigenvalue weighted by Gasteiger charge is -2.12. The molecule has 0 radical (unpaired) electrons. The van der Waals surface area contributed by atoms with E-state index in [0.717, 1.165) is 18.4 Å². The second-order valence-corrected chi connectivity index (χ2v) is 5.27. The van der Waals surface area contributed by atoms with Gasteiger partial charge in [-0.15, -0.1) is 0 Å². The van der Waals surface area contributed by atoms with Crippen LogP contribution in [0.1, 0.15) is 25.3 Å². The molecular formula is C15H16N2O3S. The second-order valence-electron chi connectivity index (χ2n) is 4.88. The maximum Gasteiger partial charge on any atom is 0.276 e. The van der Waals surface area contributed by atoms with Crippen molar-refractivity contribution in [3.63, 3.8) is 0 Å². The predicted octanol–water partition coefficient (Wildman–Crippen LogP) is 2.27. The van der Waals surface area contributed by atoms with Crippen molar-refractivity contribution in [2.75, 3.05) is 13.3 Å². The van der Waals surface area contributed by atoms with Gasteiger partial charge in [-0.25, -0.2) is 0 Å². The molecule has 1 aromatic rings. The van der Waals surface area contributed by atoms with Crippen molar-refractivity contribution in [3.05, 3.63) is 29.5 Å². The molecule has 0 spiro atoms. The van der Waals surface area contributed by atoms with Crippen LogP contribution in [-0.4, -0.2) is 29.3 Å². The minimum Gasteiger partial charge on any atom is -0.454 e. The Kier molecular flexibility index (Phi) is 3.79. The number of para-hydroxylation sites is 1. The number of ether oxygens (including phenoxy) is 2. The number of fused-ring (bicyclic) bond motifs is 1. The molecule has 2 heterocycles. The Labute approximate surface area is 128 Å². The van der Waals surface area contributed by atoms with Gasteiger partial charge in [0, 0.05) is 12.1 Å². The standard InChI is InChI=1S/C15H16N2O3S/c1-2-3-7-17-14(18)11(16-15(17)21)8-10-5-4-6-12-13(10)20-9-19-12/h4-6,8H,2-3,7,9H2,1H3,(H,16,21). The first-order chi connectivity index (χ1) is 10.2. The topological polar surface area (TPSA) is 50.8 Å². The van der Waals surface area contributed by atoms with E-state index in [1.165, 1.54) is 0 Å². The number of benzene rings is 1. The third kappa shape index (κ3) is 2.58. The molecule has 1 amide bonds. The van der Waals surface area contributed by atoms with Crippen LogP contribution in [-0.2, 0) is 4.79 Å². The molecule has 1 N–H and O–H groups in total. The van der Waals surface area contributed by atoms with E-state index in [1.54, 1.807) is 11.0 Å². The SMILES string of the molecule is CCCCN1C(=O)C(=Cc2cccc3c2OCO3)NC1=S. The Bertz CT molecular complexity index is 627. The number of carbonyl (C=O) groups excluding carboxylic acids is 1. The normalized spacial score (nSPS) is 18.5. The number of nitrogens with zero attached hydrogens (tertiary/aromatic N) is 1. The average molecular weight is 304 g/mol. The minimum atomic E-state index is -0.0926. The van der Waals surface area contributed by atoms with Gasteiger partial charge < -0.3 is 14.8 Å². The van der Waals surface area contributed by atoms with Crippen molar-refractivity contribution in [1.82, 2.24) is 10.2 Å². The summed E-state index contributed by atoms with van der Waals surface area (Å²) in [6, 6.07) is 5.59. The third-order valence-electron chi connectivity index (χ3n) is 3.42. The maximum atomic E-state index is 12.4. The molecule has 0 atom stereocenters. The van der Waals surface area contributed by atoms with E-state index in [-0.39, 0.29) is 12.7 Å². The molecule has 1 fully saturated rings. The molecule has 5 nitrogen and oxygen atoms in total. The van der Waals surface area contributed by atoms with Crippen molar-refractivity contribution in [1.29, 1.82) is 0 Å².